The van der Waals surface area contributed by atoms with Crippen molar-refractivity contribution in [1.29, 1.82) is 0 Å². The van der Waals surface area contributed by atoms with Gasteiger partial charge in [0.15, 0.2) is 16.6 Å². The van der Waals surface area contributed by atoms with Gasteiger partial charge in [-0.15, -0.1) is 13.5 Å². The van der Waals surface area contributed by atoms with Gasteiger partial charge in [-0.05, 0) is 69.9 Å². The average molecular weight is 582 g/mol. The molecule has 5 rings (SSSR count). The lowest BCUT2D eigenvalue weighted by atomic mass is 9.94. The fourth-order valence-electron chi connectivity index (χ4n) is 4.22. The van der Waals surface area contributed by atoms with Crippen LogP contribution in [0.3, 0.4) is 0 Å². The minimum absolute atomic E-state index is 0.0686. The van der Waals surface area contributed by atoms with Crippen molar-refractivity contribution < 1.29 is 27.6 Å². The molecule has 2 aliphatic rings. The Labute approximate surface area is 231 Å². The van der Waals surface area contributed by atoms with E-state index in [0.29, 0.717) is 34.3 Å². The maximum Gasteiger partial charge on any atom is 0.586 e. The number of aryl methyl sites for hydroxylation is 1. The van der Waals surface area contributed by atoms with E-state index in [4.69, 9.17) is 11.6 Å². The van der Waals surface area contributed by atoms with Crippen molar-refractivity contribution in [2.45, 2.75) is 63.0 Å². The van der Waals surface area contributed by atoms with Crippen LogP contribution in [0.15, 0.2) is 42.5 Å². The molecule has 2 heterocycles. The number of fused-ring (bicyclic) bond motifs is 1. The van der Waals surface area contributed by atoms with Gasteiger partial charge in [-0.3, -0.25) is 4.79 Å². The summed E-state index contributed by atoms with van der Waals surface area (Å²) in [6, 6.07) is 11.2. The number of nitrogens with one attached hydrogen (secondary N) is 2. The number of alkyl halides is 2. The number of hydrogen-bond acceptors (Lipinski definition) is 7. The number of benzene rings is 2. The Morgan fingerprint density at radius 3 is 2.53 bits per heavy atom. The maximum atomic E-state index is 13.5. The van der Waals surface area contributed by atoms with Gasteiger partial charge >= 0.3 is 6.29 Å². The predicted octanol–water partition coefficient (Wildman–Crippen LogP) is 6.24. The van der Waals surface area contributed by atoms with Gasteiger partial charge in [-0.25, -0.2) is 4.98 Å². The standard InChI is InChI=1S/C26H26ClF2N3O4S2/c1-14-21(20(32-38(34)24(2,3)4)16-7-5-6-8-17(16)27)37-23(30-14)31-22(33)25(11-12-25)15-9-10-18-19(13-15)36-26(28,29)35-18/h5-10,13,20,32H,11-12H2,1-4H3,(H,30,31,33)/t20-,38+/m0/s1. The van der Waals surface area contributed by atoms with Crippen molar-refractivity contribution >= 4 is 45.3 Å². The summed E-state index contributed by atoms with van der Waals surface area (Å²) in [7, 11) is 0. The van der Waals surface area contributed by atoms with Crippen LogP contribution in [0.25, 0.3) is 0 Å². The number of anilines is 1. The third-order valence-corrected chi connectivity index (χ3v) is 9.50. The van der Waals surface area contributed by atoms with Crippen LogP contribution in [0.2, 0.25) is 5.02 Å². The Balaban J connectivity index is 1.40. The predicted molar refractivity (Wildman–Crippen MR) is 143 cm³/mol. The molecule has 0 unspecified atom stereocenters. The monoisotopic (exact) mass is 581 g/mol. The highest BCUT2D eigenvalue weighted by atomic mass is 35.5. The quantitative estimate of drug-likeness (QED) is 0.321. The average Bonchev–Trinajstić information content (AvgIpc) is 3.47. The van der Waals surface area contributed by atoms with Gasteiger partial charge in [0.1, 0.15) is 10.8 Å². The van der Waals surface area contributed by atoms with Crippen LogP contribution in [0.5, 0.6) is 11.5 Å². The molecule has 0 bridgehead atoms. The summed E-state index contributed by atoms with van der Waals surface area (Å²) >= 11 is 6.37. The molecule has 38 heavy (non-hydrogen) atoms. The van der Waals surface area contributed by atoms with Crippen molar-refractivity contribution in [1.82, 2.24) is 9.71 Å². The molecule has 7 nitrogen and oxygen atoms in total. The molecule has 1 aromatic heterocycles. The Kier molecular flexibility index (Phi) is 6.88. The lowest BCUT2D eigenvalue weighted by Crippen LogP contribution is -2.41. The second kappa shape index (κ2) is 9.63. The Bertz CT molecular complexity index is 1390. The van der Waals surface area contributed by atoms with Crippen molar-refractivity contribution in [3.05, 3.63) is 69.2 Å². The molecule has 1 aliphatic carbocycles. The molecule has 2 N–H and O–H groups in total. The van der Waals surface area contributed by atoms with Crippen LogP contribution in [0.1, 0.15) is 61.4 Å². The molecule has 3 aromatic rings. The SMILES string of the molecule is Cc1nc(NC(=O)C2(c3ccc4c(c3)OC(F)(F)O4)CC2)sc1[C@@H](N[S@+]([O-])C(C)(C)C)c1ccccc1Cl. The van der Waals surface area contributed by atoms with Gasteiger partial charge in [0.2, 0.25) is 5.91 Å². The first-order chi connectivity index (χ1) is 17.8. The second-order valence-corrected chi connectivity index (χ2v) is 13.7. The largest absolute Gasteiger partial charge is 0.598 e. The van der Waals surface area contributed by atoms with E-state index >= 15 is 0 Å². The first-order valence-corrected chi connectivity index (χ1v) is 14.3. The van der Waals surface area contributed by atoms with E-state index in [2.05, 4.69) is 24.5 Å². The molecule has 202 valence electrons. The summed E-state index contributed by atoms with van der Waals surface area (Å²) in [4.78, 5) is 18.7. The number of hydrogen-bond donors (Lipinski definition) is 2. The van der Waals surface area contributed by atoms with Gasteiger partial charge in [-0.2, -0.15) is 0 Å². The van der Waals surface area contributed by atoms with Crippen molar-refractivity contribution in [2.24, 2.45) is 0 Å². The van der Waals surface area contributed by atoms with E-state index in [1.165, 1.54) is 23.5 Å². The first kappa shape index (κ1) is 27.1. The number of thiazole rings is 1. The normalized spacial score (nSPS) is 18.6. The van der Waals surface area contributed by atoms with E-state index in [1.54, 1.807) is 12.1 Å². The van der Waals surface area contributed by atoms with E-state index in [1.807, 2.05) is 45.9 Å². The van der Waals surface area contributed by atoms with Crippen LogP contribution in [0, 0.1) is 6.92 Å². The van der Waals surface area contributed by atoms with Crippen LogP contribution >= 0.6 is 22.9 Å². The van der Waals surface area contributed by atoms with Crippen molar-refractivity contribution in [2.75, 3.05) is 5.32 Å². The highest BCUT2D eigenvalue weighted by Crippen LogP contribution is 2.52. The van der Waals surface area contributed by atoms with Gasteiger partial charge < -0.3 is 19.3 Å². The number of amides is 1. The summed E-state index contributed by atoms with van der Waals surface area (Å²) in [6.07, 6.45) is -2.61. The number of ether oxygens (including phenoxy) is 2. The minimum atomic E-state index is -3.72. The minimum Gasteiger partial charge on any atom is -0.598 e. The molecule has 1 fully saturated rings. The number of carbonyl (C=O) groups excluding carboxylic acids is 1. The zero-order chi connectivity index (χ0) is 27.5. The number of aromatic nitrogens is 1. The molecule has 2 atom stereocenters. The van der Waals surface area contributed by atoms with Gasteiger partial charge in [0.25, 0.3) is 0 Å². The molecule has 0 spiro atoms. The smallest absolute Gasteiger partial charge is 0.586 e. The van der Waals surface area contributed by atoms with Gasteiger partial charge in [-0.1, -0.05) is 47.2 Å². The Morgan fingerprint density at radius 2 is 1.87 bits per heavy atom. The fraction of sp³-hybridized carbons (Fsp3) is 0.385. The molecule has 0 saturated heterocycles. The lowest BCUT2D eigenvalue weighted by Gasteiger charge is -2.28. The highest BCUT2D eigenvalue weighted by Gasteiger charge is 2.53. The van der Waals surface area contributed by atoms with Crippen molar-refractivity contribution in [3.63, 3.8) is 0 Å². The fourth-order valence-corrected chi connectivity index (χ4v) is 6.38. The van der Waals surface area contributed by atoms with E-state index in [0.717, 1.165) is 10.4 Å². The number of carbonyl (C=O) groups is 1. The number of halogens is 3. The third-order valence-electron chi connectivity index (χ3n) is 6.45. The van der Waals surface area contributed by atoms with Gasteiger partial charge in [0.05, 0.1) is 16.0 Å². The van der Waals surface area contributed by atoms with E-state index in [-0.39, 0.29) is 17.4 Å². The summed E-state index contributed by atoms with van der Waals surface area (Å²) < 4.78 is 51.7. The topological polar surface area (TPSA) is 95.5 Å². The highest BCUT2D eigenvalue weighted by molar-refractivity contribution is 7.90. The number of nitrogens with zero attached hydrogens (tertiary/aromatic N) is 1. The molecular weight excluding hydrogens is 556 g/mol. The van der Waals surface area contributed by atoms with Crippen LogP contribution in [0.4, 0.5) is 13.9 Å². The summed E-state index contributed by atoms with van der Waals surface area (Å²) in [5, 5.41) is 3.79. The molecule has 2 aromatic carbocycles. The molecular formula is C26H26ClF2N3O4S2. The molecule has 0 radical (unpaired) electrons. The Hall–Kier alpha value is -2.44. The first-order valence-electron chi connectivity index (χ1n) is 11.9. The van der Waals surface area contributed by atoms with E-state index < -0.39 is 33.9 Å². The molecule has 1 saturated carbocycles. The molecule has 1 amide bonds. The Morgan fingerprint density at radius 1 is 1.18 bits per heavy atom. The van der Waals surface area contributed by atoms with Crippen LogP contribution in [-0.2, 0) is 21.6 Å². The summed E-state index contributed by atoms with van der Waals surface area (Å²) in [6.45, 7) is 7.43. The van der Waals surface area contributed by atoms with Crippen LogP contribution in [-0.4, -0.2) is 26.5 Å². The number of rotatable bonds is 7. The zero-order valence-corrected chi connectivity index (χ0v) is 23.5. The lowest BCUT2D eigenvalue weighted by molar-refractivity contribution is -0.286. The zero-order valence-electron chi connectivity index (χ0n) is 21.1. The van der Waals surface area contributed by atoms with E-state index in [9.17, 15) is 18.1 Å². The second-order valence-electron chi connectivity index (χ2n) is 10.3. The maximum absolute atomic E-state index is 13.5. The molecule has 12 heteroatoms. The molecule has 1 aliphatic heterocycles. The van der Waals surface area contributed by atoms with Gasteiger partial charge in [0, 0.05) is 16.4 Å². The summed E-state index contributed by atoms with van der Waals surface area (Å²) in [5.74, 6) is -0.454. The van der Waals surface area contributed by atoms with Crippen LogP contribution < -0.4 is 19.5 Å². The third kappa shape index (κ3) is 5.22. The van der Waals surface area contributed by atoms with Crippen molar-refractivity contribution in [3.8, 4) is 11.5 Å². The summed E-state index contributed by atoms with van der Waals surface area (Å²) in [5.41, 5.74) is 1.10.